The van der Waals surface area contributed by atoms with Gasteiger partial charge < -0.3 is 18.9 Å². The number of hydrogen-bond donors (Lipinski definition) is 0. The molecule has 1 aliphatic rings. The molecule has 1 unspecified atom stereocenters. The molecule has 7 heteroatoms. The van der Waals surface area contributed by atoms with E-state index in [1.165, 1.54) is 19.3 Å². The summed E-state index contributed by atoms with van der Waals surface area (Å²) in [5, 5.41) is 0. The zero-order valence-corrected chi connectivity index (χ0v) is 17.6. The maximum Gasteiger partial charge on any atom is 0.339 e. The average Bonchev–Trinajstić information content (AvgIpc) is 2.75. The van der Waals surface area contributed by atoms with Crippen LogP contribution >= 0.6 is 0 Å². The highest BCUT2D eigenvalue weighted by Gasteiger charge is 2.58. The van der Waals surface area contributed by atoms with Crippen LogP contribution in [0.15, 0.2) is 73.0 Å². The Hall–Kier alpha value is -3.61. The van der Waals surface area contributed by atoms with E-state index in [2.05, 4.69) is 0 Å². The third-order valence-electron chi connectivity index (χ3n) is 5.27. The van der Waals surface area contributed by atoms with E-state index in [1.54, 1.807) is 74.5 Å². The molecule has 0 spiro atoms. The molecule has 0 aromatic heterocycles. The molecule has 2 aromatic rings. The molecule has 31 heavy (non-hydrogen) atoms. The molecule has 0 amide bonds. The first-order valence-corrected chi connectivity index (χ1v) is 9.78. The minimum Gasteiger partial charge on any atom is -0.490 e. The van der Waals surface area contributed by atoms with E-state index in [4.69, 9.17) is 18.9 Å². The second kappa shape index (κ2) is 9.04. The molecule has 0 aliphatic carbocycles. The van der Waals surface area contributed by atoms with Crippen molar-refractivity contribution in [1.29, 1.82) is 0 Å². The zero-order valence-electron chi connectivity index (χ0n) is 17.6. The van der Waals surface area contributed by atoms with E-state index in [0.29, 0.717) is 11.1 Å². The number of ether oxygens (including phenoxy) is 4. The lowest BCUT2D eigenvalue weighted by Gasteiger charge is -2.48. The highest BCUT2D eigenvalue weighted by Crippen LogP contribution is 2.40. The Bertz CT molecular complexity index is 970. The lowest BCUT2D eigenvalue weighted by atomic mass is 9.79. The van der Waals surface area contributed by atoms with E-state index in [0.717, 1.165) is 0 Å². The van der Waals surface area contributed by atoms with Gasteiger partial charge in [0.15, 0.2) is 17.3 Å². The van der Waals surface area contributed by atoms with E-state index in [9.17, 15) is 14.4 Å². The van der Waals surface area contributed by atoms with Crippen molar-refractivity contribution in [1.82, 2.24) is 0 Å². The van der Waals surface area contributed by atoms with E-state index in [1.807, 2.05) is 0 Å². The van der Waals surface area contributed by atoms with Crippen LogP contribution in [0.3, 0.4) is 0 Å². The van der Waals surface area contributed by atoms with Gasteiger partial charge in [-0.1, -0.05) is 36.4 Å². The van der Waals surface area contributed by atoms with Crippen molar-refractivity contribution in [3.8, 4) is 0 Å². The predicted molar refractivity (Wildman–Crippen MR) is 111 cm³/mol. The van der Waals surface area contributed by atoms with Crippen LogP contribution in [0.1, 0.15) is 41.5 Å². The fraction of sp³-hybridized carbons (Fsp3) is 0.292. The number of rotatable bonds is 6. The molecule has 2 aromatic carbocycles. The van der Waals surface area contributed by atoms with Crippen molar-refractivity contribution >= 4 is 17.9 Å². The van der Waals surface area contributed by atoms with Crippen molar-refractivity contribution in [2.45, 2.75) is 38.1 Å². The summed E-state index contributed by atoms with van der Waals surface area (Å²) in [6.45, 7) is 4.22. The highest BCUT2D eigenvalue weighted by atomic mass is 16.6. The Balaban J connectivity index is 1.83. The predicted octanol–water partition coefficient (Wildman–Crippen LogP) is 3.69. The summed E-state index contributed by atoms with van der Waals surface area (Å²) >= 11 is 0. The third kappa shape index (κ3) is 4.77. The van der Waals surface area contributed by atoms with Crippen LogP contribution in [0, 0.1) is 0 Å². The number of benzene rings is 2. The highest BCUT2D eigenvalue weighted by molar-refractivity contribution is 5.90. The van der Waals surface area contributed by atoms with Crippen molar-refractivity contribution in [3.05, 3.63) is 84.1 Å². The van der Waals surface area contributed by atoms with Crippen LogP contribution in [-0.4, -0.2) is 41.8 Å². The molecule has 3 atom stereocenters. The summed E-state index contributed by atoms with van der Waals surface area (Å²) in [6.07, 6.45) is 1.94. The van der Waals surface area contributed by atoms with E-state index < -0.39 is 35.2 Å². The minimum absolute atomic E-state index is 0.222. The number of hydrogen-bond acceptors (Lipinski definition) is 7. The van der Waals surface area contributed by atoms with Gasteiger partial charge in [-0.05, 0) is 44.2 Å². The van der Waals surface area contributed by atoms with Gasteiger partial charge in [-0.3, -0.25) is 4.79 Å². The molecular weight excluding hydrogens is 400 g/mol. The summed E-state index contributed by atoms with van der Waals surface area (Å²) < 4.78 is 22.4. The summed E-state index contributed by atoms with van der Waals surface area (Å²) in [4.78, 5) is 37.0. The molecule has 0 bridgehead atoms. The van der Waals surface area contributed by atoms with Gasteiger partial charge >= 0.3 is 17.9 Å². The van der Waals surface area contributed by atoms with Gasteiger partial charge in [0.05, 0.1) is 17.4 Å². The first kappa shape index (κ1) is 22.1. The summed E-state index contributed by atoms with van der Waals surface area (Å²) in [5.41, 5.74) is -2.12. The normalized spacial score (nSPS) is 24.5. The van der Waals surface area contributed by atoms with Gasteiger partial charge in [-0.2, -0.15) is 0 Å². The minimum atomic E-state index is -1.46. The fourth-order valence-corrected chi connectivity index (χ4v) is 3.31. The van der Waals surface area contributed by atoms with Gasteiger partial charge in [0.1, 0.15) is 6.61 Å². The number of carbonyl (C=O) groups excluding carboxylic acids is 3. The molecule has 0 N–H and O–H groups in total. The molecular formula is C24H24O7. The molecule has 7 nitrogen and oxygen atoms in total. The fourth-order valence-electron chi connectivity index (χ4n) is 3.31. The van der Waals surface area contributed by atoms with Crippen LogP contribution in [0.25, 0.3) is 0 Å². The first-order valence-electron chi connectivity index (χ1n) is 9.78. The van der Waals surface area contributed by atoms with Crippen LogP contribution in [0.4, 0.5) is 0 Å². The average molecular weight is 424 g/mol. The second-order valence-electron chi connectivity index (χ2n) is 7.46. The SMILES string of the molecule is CC(=O)O[C@]1(C)C(COC(=O)c2ccccc2)OC=C[C@@]1(C)OC(=O)c1ccccc1. The monoisotopic (exact) mass is 424 g/mol. The molecule has 1 heterocycles. The second-order valence-corrected chi connectivity index (χ2v) is 7.46. The van der Waals surface area contributed by atoms with Gasteiger partial charge in [0.2, 0.25) is 0 Å². The maximum absolute atomic E-state index is 12.7. The van der Waals surface area contributed by atoms with Crippen molar-refractivity contribution in [2.24, 2.45) is 0 Å². The van der Waals surface area contributed by atoms with Gasteiger partial charge in [-0.15, -0.1) is 0 Å². The lowest BCUT2D eigenvalue weighted by Crippen LogP contribution is -2.64. The van der Waals surface area contributed by atoms with Crippen LogP contribution < -0.4 is 0 Å². The van der Waals surface area contributed by atoms with Crippen LogP contribution in [0.5, 0.6) is 0 Å². The smallest absolute Gasteiger partial charge is 0.339 e. The Morgan fingerprint density at radius 3 is 1.97 bits per heavy atom. The van der Waals surface area contributed by atoms with Gasteiger partial charge in [-0.25, -0.2) is 9.59 Å². The van der Waals surface area contributed by atoms with E-state index >= 15 is 0 Å². The quantitative estimate of drug-likeness (QED) is 0.516. The molecule has 0 saturated carbocycles. The van der Waals surface area contributed by atoms with Crippen LogP contribution in [-0.2, 0) is 23.7 Å². The first-order chi connectivity index (χ1) is 14.7. The van der Waals surface area contributed by atoms with Gasteiger partial charge in [0, 0.05) is 6.92 Å². The van der Waals surface area contributed by atoms with Crippen LogP contribution in [0.2, 0.25) is 0 Å². The Morgan fingerprint density at radius 1 is 0.871 bits per heavy atom. The molecule has 0 fully saturated rings. The summed E-state index contributed by atoms with van der Waals surface area (Å²) in [7, 11) is 0. The van der Waals surface area contributed by atoms with Gasteiger partial charge in [0.25, 0.3) is 0 Å². The number of esters is 3. The summed E-state index contributed by atoms with van der Waals surface area (Å²) in [6, 6.07) is 16.9. The largest absolute Gasteiger partial charge is 0.490 e. The zero-order chi connectivity index (χ0) is 22.5. The molecule has 162 valence electrons. The third-order valence-corrected chi connectivity index (χ3v) is 5.27. The molecule has 0 radical (unpaired) electrons. The lowest BCUT2D eigenvalue weighted by molar-refractivity contribution is -0.216. The molecule has 1 aliphatic heterocycles. The summed E-state index contributed by atoms with van der Waals surface area (Å²) in [5.74, 6) is -1.73. The van der Waals surface area contributed by atoms with Crippen molar-refractivity contribution < 1.29 is 33.3 Å². The Kier molecular flexibility index (Phi) is 6.44. The molecule has 3 rings (SSSR count). The van der Waals surface area contributed by atoms with Crippen molar-refractivity contribution in [3.63, 3.8) is 0 Å². The number of carbonyl (C=O) groups is 3. The Morgan fingerprint density at radius 2 is 1.42 bits per heavy atom. The van der Waals surface area contributed by atoms with Crippen molar-refractivity contribution in [2.75, 3.05) is 6.61 Å². The standard InChI is InChI=1S/C24H24O7/c1-17(25)30-24(3)20(16-29-21(26)18-10-6-4-7-11-18)28-15-14-23(24,2)31-22(27)19-12-8-5-9-13-19/h4-15,20H,16H2,1-3H3/t20?,23-,24-/m1/s1. The maximum atomic E-state index is 12.7. The van der Waals surface area contributed by atoms with E-state index in [-0.39, 0.29) is 6.61 Å². The molecule has 0 saturated heterocycles. The topological polar surface area (TPSA) is 88.1 Å². The Labute approximate surface area is 180 Å².